The van der Waals surface area contributed by atoms with E-state index in [2.05, 4.69) is 86.0 Å². The van der Waals surface area contributed by atoms with E-state index in [1.54, 1.807) is 0 Å². The smallest absolute Gasteiger partial charge is 0.193 e. The summed E-state index contributed by atoms with van der Waals surface area (Å²) in [6, 6.07) is 23.7. The van der Waals surface area contributed by atoms with Gasteiger partial charge in [-0.05, 0) is 73.2 Å². The van der Waals surface area contributed by atoms with E-state index >= 15 is 0 Å². The number of aromatic nitrogens is 1. The second-order valence-electron chi connectivity index (χ2n) is 10.5. The number of carbonyl (C=O) groups excluding carboxylic acids is 1. The fourth-order valence-electron chi connectivity index (χ4n) is 6.07. The van der Waals surface area contributed by atoms with Gasteiger partial charge in [0.15, 0.2) is 5.78 Å². The molecule has 0 radical (unpaired) electrons. The zero-order chi connectivity index (χ0) is 25.4. The van der Waals surface area contributed by atoms with Crippen LogP contribution < -0.4 is 0 Å². The fourth-order valence-corrected chi connectivity index (χ4v) is 6.07. The van der Waals surface area contributed by atoms with Crippen LogP contribution in [0.4, 0.5) is 0 Å². The third-order valence-corrected chi connectivity index (χ3v) is 7.90. The molecule has 184 valence electrons. The maximum Gasteiger partial charge on any atom is 0.193 e. The predicted octanol–water partition coefficient (Wildman–Crippen LogP) is 9.32. The van der Waals surface area contributed by atoms with Crippen LogP contribution in [0.2, 0.25) is 0 Å². The van der Waals surface area contributed by atoms with Gasteiger partial charge < -0.3 is 4.57 Å². The number of carbonyl (C=O) groups is 1. The molecule has 2 nitrogen and oxygen atoms in total. The molecule has 0 aliphatic heterocycles. The van der Waals surface area contributed by atoms with Gasteiger partial charge in [0.2, 0.25) is 0 Å². The van der Waals surface area contributed by atoms with Crippen LogP contribution in [0.15, 0.2) is 66.7 Å². The van der Waals surface area contributed by atoms with Crippen LogP contribution in [0.3, 0.4) is 0 Å². The number of fused-ring (bicyclic) bond motifs is 5. The molecule has 0 N–H and O–H groups in total. The van der Waals surface area contributed by atoms with Crippen LogP contribution in [-0.2, 0) is 6.54 Å². The van der Waals surface area contributed by atoms with Gasteiger partial charge >= 0.3 is 0 Å². The average molecular weight is 476 g/mol. The van der Waals surface area contributed by atoms with Gasteiger partial charge in [-0.1, -0.05) is 87.2 Å². The number of hydrogen-bond donors (Lipinski definition) is 0. The molecule has 0 aliphatic rings. The lowest BCUT2D eigenvalue weighted by Gasteiger charge is -2.17. The van der Waals surface area contributed by atoms with E-state index < -0.39 is 0 Å². The van der Waals surface area contributed by atoms with Crippen LogP contribution in [0.1, 0.15) is 72.1 Å². The summed E-state index contributed by atoms with van der Waals surface area (Å²) in [6.45, 7) is 11.8. The molecule has 0 saturated carbocycles. The van der Waals surface area contributed by atoms with Crippen molar-refractivity contribution in [2.75, 3.05) is 0 Å². The Balaban J connectivity index is 1.64. The SMILES string of the molecule is CCCCC(CC)Cn1c2ccccc2c2c3ccc(C(=O)c4c(C)cc(C)cc4C)cc3ccc21. The first-order chi connectivity index (χ1) is 17.4. The van der Waals surface area contributed by atoms with Gasteiger partial charge in [-0.2, -0.15) is 0 Å². The largest absolute Gasteiger partial charge is 0.340 e. The minimum Gasteiger partial charge on any atom is -0.340 e. The Bertz CT molecular complexity index is 1560. The van der Waals surface area contributed by atoms with E-state index in [-0.39, 0.29) is 5.78 Å². The third kappa shape index (κ3) is 4.23. The molecule has 0 spiro atoms. The average Bonchev–Trinajstić information content (AvgIpc) is 3.19. The van der Waals surface area contributed by atoms with Gasteiger partial charge in [-0.3, -0.25) is 4.79 Å². The fraction of sp³-hybridized carbons (Fsp3) is 0.324. The third-order valence-electron chi connectivity index (χ3n) is 7.90. The summed E-state index contributed by atoms with van der Waals surface area (Å²) in [5.41, 5.74) is 7.47. The van der Waals surface area contributed by atoms with Crippen LogP contribution >= 0.6 is 0 Å². The lowest BCUT2D eigenvalue weighted by molar-refractivity contribution is 0.103. The first kappa shape index (κ1) is 24.3. The molecule has 1 aromatic heterocycles. The predicted molar refractivity (Wildman–Crippen MR) is 154 cm³/mol. The van der Waals surface area contributed by atoms with Crippen LogP contribution in [0.5, 0.6) is 0 Å². The molecule has 1 unspecified atom stereocenters. The van der Waals surface area contributed by atoms with E-state index in [4.69, 9.17) is 0 Å². The van der Waals surface area contributed by atoms with Crippen LogP contribution in [0.25, 0.3) is 32.6 Å². The summed E-state index contributed by atoms with van der Waals surface area (Å²) < 4.78 is 2.53. The zero-order valence-corrected chi connectivity index (χ0v) is 22.3. The van der Waals surface area contributed by atoms with Crippen LogP contribution in [-0.4, -0.2) is 10.4 Å². The van der Waals surface area contributed by atoms with E-state index in [0.717, 1.165) is 34.2 Å². The summed E-state index contributed by atoms with van der Waals surface area (Å²) in [5, 5.41) is 4.94. The quantitative estimate of drug-likeness (QED) is 0.205. The van der Waals surface area contributed by atoms with Gasteiger partial charge in [0.25, 0.3) is 0 Å². The summed E-state index contributed by atoms with van der Waals surface area (Å²) in [5.74, 6) is 0.789. The van der Waals surface area contributed by atoms with Crippen molar-refractivity contribution in [3.8, 4) is 0 Å². The Hall–Kier alpha value is -3.39. The highest BCUT2D eigenvalue weighted by Gasteiger charge is 2.19. The Kier molecular flexibility index (Phi) is 6.71. The second-order valence-corrected chi connectivity index (χ2v) is 10.5. The van der Waals surface area contributed by atoms with Gasteiger partial charge in [0, 0.05) is 39.5 Å². The standard InChI is InChI=1S/C34H37NO/c1-6-8-11-25(7-2)21-35-30-13-10-9-12-29(30)33-28-16-14-27(20-26(28)15-17-31(33)35)34(36)32-23(4)18-22(3)19-24(32)5/h9-10,12-20,25H,6-8,11,21H2,1-5H3. The minimum atomic E-state index is 0.108. The monoisotopic (exact) mass is 475 g/mol. The molecule has 0 saturated heterocycles. The normalized spacial score (nSPS) is 12.6. The molecule has 5 aromatic rings. The summed E-state index contributed by atoms with van der Waals surface area (Å²) in [6.07, 6.45) is 5.01. The number of para-hydroxylation sites is 1. The number of nitrogens with zero attached hydrogens (tertiary/aromatic N) is 1. The van der Waals surface area contributed by atoms with Crippen molar-refractivity contribution in [1.82, 2.24) is 4.57 Å². The van der Waals surface area contributed by atoms with Crippen molar-refractivity contribution in [3.05, 3.63) is 94.5 Å². The lowest BCUT2D eigenvalue weighted by Crippen LogP contribution is -2.10. The molecule has 0 bridgehead atoms. The molecule has 36 heavy (non-hydrogen) atoms. The minimum absolute atomic E-state index is 0.108. The van der Waals surface area contributed by atoms with Crippen molar-refractivity contribution in [2.45, 2.75) is 66.8 Å². The molecule has 1 atom stereocenters. The van der Waals surface area contributed by atoms with Crippen molar-refractivity contribution in [2.24, 2.45) is 5.92 Å². The van der Waals surface area contributed by atoms with E-state index in [9.17, 15) is 4.79 Å². The van der Waals surface area contributed by atoms with Gasteiger partial charge in [0.05, 0.1) is 0 Å². The van der Waals surface area contributed by atoms with Crippen molar-refractivity contribution in [3.63, 3.8) is 0 Å². The lowest BCUT2D eigenvalue weighted by atomic mass is 9.92. The van der Waals surface area contributed by atoms with Crippen molar-refractivity contribution < 1.29 is 4.79 Å². The number of rotatable bonds is 8. The Labute approximate surface area is 214 Å². The highest BCUT2D eigenvalue weighted by atomic mass is 16.1. The molecule has 0 amide bonds. The Morgan fingerprint density at radius 2 is 1.58 bits per heavy atom. The topological polar surface area (TPSA) is 22.0 Å². The maximum atomic E-state index is 13.6. The first-order valence-electron chi connectivity index (χ1n) is 13.5. The Morgan fingerprint density at radius 3 is 2.31 bits per heavy atom. The van der Waals surface area contributed by atoms with Crippen molar-refractivity contribution >= 4 is 38.4 Å². The molecule has 0 aliphatic carbocycles. The number of benzene rings is 4. The van der Waals surface area contributed by atoms with Gasteiger partial charge in [-0.25, -0.2) is 0 Å². The molecule has 2 heteroatoms. The van der Waals surface area contributed by atoms with Gasteiger partial charge in [-0.15, -0.1) is 0 Å². The molecule has 5 rings (SSSR count). The molecule has 1 heterocycles. The Morgan fingerprint density at radius 1 is 0.833 bits per heavy atom. The summed E-state index contributed by atoms with van der Waals surface area (Å²) in [7, 11) is 0. The zero-order valence-electron chi connectivity index (χ0n) is 22.3. The number of ketones is 1. The molecule has 4 aromatic carbocycles. The summed E-state index contributed by atoms with van der Waals surface area (Å²) >= 11 is 0. The maximum absolute atomic E-state index is 13.6. The molecular weight excluding hydrogens is 438 g/mol. The van der Waals surface area contributed by atoms with Gasteiger partial charge in [0.1, 0.15) is 0 Å². The van der Waals surface area contributed by atoms with E-state index in [1.165, 1.54) is 58.4 Å². The number of aryl methyl sites for hydroxylation is 3. The second kappa shape index (κ2) is 9.93. The highest BCUT2D eigenvalue weighted by molar-refractivity contribution is 6.22. The highest BCUT2D eigenvalue weighted by Crippen LogP contribution is 2.36. The first-order valence-corrected chi connectivity index (χ1v) is 13.5. The van der Waals surface area contributed by atoms with E-state index in [1.807, 2.05) is 19.9 Å². The van der Waals surface area contributed by atoms with E-state index in [0.29, 0.717) is 5.92 Å². The molecular formula is C34H37NO. The number of hydrogen-bond acceptors (Lipinski definition) is 1. The summed E-state index contributed by atoms with van der Waals surface area (Å²) in [4.78, 5) is 13.6. The number of unbranched alkanes of at least 4 members (excludes halogenated alkanes) is 1. The van der Waals surface area contributed by atoms with Crippen molar-refractivity contribution in [1.29, 1.82) is 0 Å². The van der Waals surface area contributed by atoms with Crippen LogP contribution in [0, 0.1) is 26.7 Å². The molecule has 0 fully saturated rings.